The molecule has 0 bridgehead atoms. The van der Waals surface area contributed by atoms with Crippen molar-refractivity contribution in [3.05, 3.63) is 102 Å². The van der Waals surface area contributed by atoms with Gasteiger partial charge in [0.25, 0.3) is 5.91 Å². The number of nitrogens with zero attached hydrogens (tertiary/aromatic N) is 1. The van der Waals surface area contributed by atoms with E-state index in [-0.39, 0.29) is 12.5 Å². The van der Waals surface area contributed by atoms with Gasteiger partial charge in [-0.25, -0.2) is 0 Å². The number of aromatic nitrogens is 1. The summed E-state index contributed by atoms with van der Waals surface area (Å²) in [6.07, 6.45) is -0.742. The molecule has 1 aromatic heterocycles. The molecular weight excluding hydrogens is 516 g/mol. The molecule has 4 aromatic carbocycles. The number of ether oxygens (including phenoxy) is 2. The van der Waals surface area contributed by atoms with Gasteiger partial charge in [-0.2, -0.15) is 5.26 Å². The Morgan fingerprint density at radius 1 is 0.951 bits per heavy atom. The third-order valence-electron chi connectivity index (χ3n) is 6.77. The lowest BCUT2D eigenvalue weighted by atomic mass is 10.0. The fourth-order valence-corrected chi connectivity index (χ4v) is 4.50. The Morgan fingerprint density at radius 3 is 2.37 bits per heavy atom. The van der Waals surface area contributed by atoms with Crippen molar-refractivity contribution in [3.8, 4) is 23.3 Å². The summed E-state index contributed by atoms with van der Waals surface area (Å²) >= 11 is 0. The second-order valence-corrected chi connectivity index (χ2v) is 10.5. The lowest BCUT2D eigenvalue weighted by Gasteiger charge is -2.28. The maximum Gasteiger partial charge on any atom is 0.251 e. The predicted octanol–water partition coefficient (Wildman–Crippen LogP) is 5.52. The number of carbonyl (C=O) groups excluding carboxylic acids is 1. The lowest BCUT2D eigenvalue weighted by molar-refractivity contribution is 0.0915. The number of amides is 1. The molecule has 5 aromatic rings. The highest BCUT2D eigenvalue weighted by molar-refractivity contribution is 6.10. The van der Waals surface area contributed by atoms with Crippen molar-refractivity contribution >= 4 is 27.7 Å². The zero-order chi connectivity index (χ0) is 28.8. The number of rotatable bonds is 11. The number of hydrogen-bond donors (Lipinski definition) is 4. The minimum atomic E-state index is -0.742. The molecule has 0 saturated heterocycles. The van der Waals surface area contributed by atoms with Gasteiger partial charge in [-0.05, 0) is 80.6 Å². The number of para-hydroxylation sites is 1. The zero-order valence-electron chi connectivity index (χ0n) is 23.0. The van der Waals surface area contributed by atoms with Crippen molar-refractivity contribution < 1.29 is 19.4 Å². The van der Waals surface area contributed by atoms with E-state index in [0.29, 0.717) is 35.7 Å². The fourth-order valence-electron chi connectivity index (χ4n) is 4.50. The van der Waals surface area contributed by atoms with Crippen LogP contribution in [0.2, 0.25) is 0 Å². The summed E-state index contributed by atoms with van der Waals surface area (Å²) in [7, 11) is 0. The first kappa shape index (κ1) is 27.7. The topological polar surface area (TPSA) is 119 Å². The van der Waals surface area contributed by atoms with Crippen LogP contribution in [0.25, 0.3) is 21.8 Å². The third kappa shape index (κ3) is 6.84. The van der Waals surface area contributed by atoms with E-state index in [1.165, 1.54) is 0 Å². The number of fused-ring (bicyclic) bond motifs is 3. The second kappa shape index (κ2) is 12.1. The van der Waals surface area contributed by atoms with Gasteiger partial charge in [0.05, 0.1) is 17.1 Å². The van der Waals surface area contributed by atoms with Gasteiger partial charge in [0.2, 0.25) is 0 Å². The molecule has 1 heterocycles. The number of nitriles is 1. The summed E-state index contributed by atoms with van der Waals surface area (Å²) in [4.78, 5) is 16.1. The normalized spacial score (nSPS) is 12.1. The molecule has 0 spiro atoms. The molecule has 41 heavy (non-hydrogen) atoms. The molecule has 208 valence electrons. The molecule has 0 aliphatic heterocycles. The number of hydrogen-bond acceptors (Lipinski definition) is 6. The summed E-state index contributed by atoms with van der Waals surface area (Å²) in [5.74, 6) is 1.71. The summed E-state index contributed by atoms with van der Waals surface area (Å²) in [5.41, 5.74) is 2.63. The highest BCUT2D eigenvalue weighted by Crippen LogP contribution is 2.33. The largest absolute Gasteiger partial charge is 0.490 e. The van der Waals surface area contributed by atoms with E-state index in [1.54, 1.807) is 48.5 Å². The van der Waals surface area contributed by atoms with E-state index in [4.69, 9.17) is 14.7 Å². The number of aliphatic hydroxyl groups is 1. The van der Waals surface area contributed by atoms with Crippen molar-refractivity contribution in [2.24, 2.45) is 0 Å². The molecule has 5 rings (SSSR count). The fraction of sp³-hybridized carbons (Fsp3) is 0.212. The molecule has 0 aliphatic carbocycles. The van der Waals surface area contributed by atoms with Gasteiger partial charge in [-0.3, -0.25) is 4.79 Å². The molecule has 8 heteroatoms. The number of H-pyrrole nitrogens is 1. The molecule has 0 radical (unpaired) electrons. The van der Waals surface area contributed by atoms with Crippen LogP contribution in [0.4, 0.5) is 0 Å². The van der Waals surface area contributed by atoms with Gasteiger partial charge < -0.3 is 30.2 Å². The first-order chi connectivity index (χ1) is 19.8. The summed E-state index contributed by atoms with van der Waals surface area (Å²) in [6.45, 7) is 4.71. The van der Waals surface area contributed by atoms with E-state index in [1.807, 2.05) is 50.2 Å². The highest BCUT2D eigenvalue weighted by Gasteiger charge is 2.21. The summed E-state index contributed by atoms with van der Waals surface area (Å²) in [5, 5.41) is 27.9. The van der Waals surface area contributed by atoms with Crippen LogP contribution in [0.3, 0.4) is 0 Å². The number of carbonyl (C=O) groups is 1. The Kier molecular flexibility index (Phi) is 8.20. The highest BCUT2D eigenvalue weighted by atomic mass is 16.5. The van der Waals surface area contributed by atoms with Crippen molar-refractivity contribution in [2.75, 3.05) is 19.7 Å². The van der Waals surface area contributed by atoms with Gasteiger partial charge in [0.15, 0.2) is 0 Å². The number of nitrogens with one attached hydrogen (secondary N) is 3. The van der Waals surface area contributed by atoms with Crippen LogP contribution < -0.4 is 20.1 Å². The van der Waals surface area contributed by atoms with Crippen LogP contribution in [-0.2, 0) is 0 Å². The zero-order valence-corrected chi connectivity index (χ0v) is 23.0. The molecular formula is C33H32N4O4. The Balaban J connectivity index is 1.09. The summed E-state index contributed by atoms with van der Waals surface area (Å²) in [6, 6.07) is 29.7. The average molecular weight is 549 g/mol. The van der Waals surface area contributed by atoms with Crippen molar-refractivity contribution in [1.29, 1.82) is 5.26 Å². The van der Waals surface area contributed by atoms with Gasteiger partial charge in [-0.1, -0.05) is 24.3 Å². The molecule has 0 saturated carbocycles. The van der Waals surface area contributed by atoms with Crippen molar-refractivity contribution in [2.45, 2.75) is 25.5 Å². The number of aliphatic hydroxyl groups excluding tert-OH is 1. The number of benzene rings is 4. The van der Waals surface area contributed by atoms with Crippen molar-refractivity contribution in [3.63, 3.8) is 0 Å². The quantitative estimate of drug-likeness (QED) is 0.173. The molecule has 1 unspecified atom stereocenters. The Morgan fingerprint density at radius 2 is 1.63 bits per heavy atom. The minimum absolute atomic E-state index is 0.130. The molecule has 0 aliphatic rings. The Bertz CT molecular complexity index is 1690. The van der Waals surface area contributed by atoms with Gasteiger partial charge in [-0.15, -0.1) is 0 Å². The van der Waals surface area contributed by atoms with E-state index in [2.05, 4.69) is 27.8 Å². The van der Waals surface area contributed by atoms with Crippen LogP contribution in [0, 0.1) is 11.3 Å². The Labute approximate surface area is 238 Å². The lowest BCUT2D eigenvalue weighted by Crippen LogP contribution is -2.51. The molecule has 0 fully saturated rings. The van der Waals surface area contributed by atoms with Crippen LogP contribution in [0.5, 0.6) is 17.2 Å². The van der Waals surface area contributed by atoms with Crippen LogP contribution in [-0.4, -0.2) is 47.3 Å². The number of aromatic amines is 1. The van der Waals surface area contributed by atoms with Crippen LogP contribution in [0.1, 0.15) is 29.8 Å². The van der Waals surface area contributed by atoms with Gasteiger partial charge in [0, 0.05) is 40.5 Å². The monoisotopic (exact) mass is 548 g/mol. The minimum Gasteiger partial charge on any atom is -0.490 e. The maximum absolute atomic E-state index is 12.7. The standard InChI is InChI=1S/C33H32N4O4/c1-33(2,21-35-32(39)23-12-16-26(17-13-23)41-25-14-10-22(18-34)11-15-25)36-19-24(38)20-40-30-9-5-8-29-31(30)27-6-3-4-7-28(27)37-29/h3-17,24,36-38H,19-21H2,1-2H3,(H,35,39). The Hall–Kier alpha value is -4.84. The first-order valence-electron chi connectivity index (χ1n) is 13.4. The molecule has 1 atom stereocenters. The van der Waals surface area contributed by atoms with Crippen LogP contribution >= 0.6 is 0 Å². The molecule has 4 N–H and O–H groups in total. The van der Waals surface area contributed by atoms with Crippen LogP contribution in [0.15, 0.2) is 91.0 Å². The smallest absolute Gasteiger partial charge is 0.251 e. The van der Waals surface area contributed by atoms with E-state index >= 15 is 0 Å². The van der Waals surface area contributed by atoms with Crippen molar-refractivity contribution in [1.82, 2.24) is 15.6 Å². The number of β-amino-alcohol motifs (C(OH)–C–C–N with tert-alkyl or cyclic N) is 1. The second-order valence-electron chi connectivity index (χ2n) is 10.5. The average Bonchev–Trinajstić information content (AvgIpc) is 3.38. The SMILES string of the molecule is CC(C)(CNC(=O)c1ccc(Oc2ccc(C#N)cc2)cc1)NCC(O)COc1cccc2[nH]c3ccccc3c12. The first-order valence-corrected chi connectivity index (χ1v) is 13.4. The van der Waals surface area contributed by atoms with E-state index in [9.17, 15) is 9.90 Å². The van der Waals surface area contributed by atoms with E-state index in [0.717, 1.165) is 27.6 Å². The molecule has 1 amide bonds. The van der Waals surface area contributed by atoms with E-state index < -0.39 is 11.6 Å². The predicted molar refractivity (Wildman–Crippen MR) is 159 cm³/mol. The third-order valence-corrected chi connectivity index (χ3v) is 6.77. The van der Waals surface area contributed by atoms with Gasteiger partial charge >= 0.3 is 0 Å². The summed E-state index contributed by atoms with van der Waals surface area (Å²) < 4.78 is 11.8. The maximum atomic E-state index is 12.7. The molecule has 8 nitrogen and oxygen atoms in total. The van der Waals surface area contributed by atoms with Gasteiger partial charge in [0.1, 0.15) is 30.0 Å².